The van der Waals surface area contributed by atoms with Crippen LogP contribution in [-0.4, -0.2) is 4.98 Å². The summed E-state index contributed by atoms with van der Waals surface area (Å²) in [6.07, 6.45) is 0. The van der Waals surface area contributed by atoms with Crippen LogP contribution in [0.3, 0.4) is 0 Å². The highest BCUT2D eigenvalue weighted by molar-refractivity contribution is 7.12. The van der Waals surface area contributed by atoms with E-state index < -0.39 is 42.2 Å². The molecule has 2 nitrogen and oxygen atoms in total. The second-order valence-corrected chi connectivity index (χ2v) is 2.61. The van der Waals surface area contributed by atoms with Gasteiger partial charge in [-0.05, 0) is 6.85 Å². The number of aromatic nitrogens is 1. The molecule has 1 aromatic heterocycles. The van der Waals surface area contributed by atoms with Gasteiger partial charge < -0.3 is 5.73 Å². The molecule has 56 valence electrons. The highest BCUT2D eigenvalue weighted by Gasteiger charge is 2.06. The van der Waals surface area contributed by atoms with E-state index in [0.717, 1.165) is 0 Å². The molecule has 0 aliphatic carbocycles. The molecule has 0 bridgehead atoms. The Kier molecular flexibility index (Phi) is 0.458. The Morgan fingerprint density at radius 3 is 3.10 bits per heavy atom. The lowest BCUT2D eigenvalue weighted by molar-refractivity contribution is 0.854. The first-order valence-electron chi connectivity index (χ1n) is 7.39. The molecule has 1 aromatic rings. The summed E-state index contributed by atoms with van der Waals surface area (Å²) in [7, 11) is 0. The maximum Gasteiger partial charge on any atom is 0.137 e. The Labute approximate surface area is 79.1 Å². The highest BCUT2D eigenvalue weighted by Crippen LogP contribution is 2.24. The van der Waals surface area contributed by atoms with Crippen molar-refractivity contribution in [2.75, 3.05) is 5.73 Å². The van der Waals surface area contributed by atoms with E-state index >= 15 is 0 Å². The van der Waals surface area contributed by atoms with Crippen LogP contribution in [0.1, 0.15) is 43.2 Å². The zero-order valence-corrected chi connectivity index (χ0v) is 5.75. The van der Waals surface area contributed by atoms with Gasteiger partial charge in [-0.15, -0.1) is 11.3 Å². The fourth-order valence-corrected chi connectivity index (χ4v) is 1.03. The van der Waals surface area contributed by atoms with Crippen molar-refractivity contribution in [2.45, 2.75) is 26.4 Å². The molecule has 0 spiro atoms. The maximum atomic E-state index is 7.86. The third-order valence-electron chi connectivity index (χ3n) is 0.867. The van der Waals surface area contributed by atoms with Crippen LogP contribution in [0.15, 0.2) is 0 Å². The Balaban J connectivity index is 3.55. The number of rotatable bonds is 1. The predicted molar refractivity (Wildman–Crippen MR) is 45.4 cm³/mol. The molecular formula is C7H12N2S. The van der Waals surface area contributed by atoms with Gasteiger partial charge >= 0.3 is 0 Å². The Morgan fingerprint density at radius 1 is 1.80 bits per heavy atom. The van der Waals surface area contributed by atoms with Crippen LogP contribution in [0.4, 0.5) is 5.82 Å². The summed E-state index contributed by atoms with van der Waals surface area (Å²) in [5.74, 6) is -3.50. The number of thiazole rings is 1. The van der Waals surface area contributed by atoms with E-state index in [1.165, 1.54) is 0 Å². The van der Waals surface area contributed by atoms with Crippen molar-refractivity contribution < 1.29 is 13.7 Å². The summed E-state index contributed by atoms with van der Waals surface area (Å²) in [4.78, 5) is 3.09. The van der Waals surface area contributed by atoms with Gasteiger partial charge in [0.2, 0.25) is 0 Å². The minimum Gasteiger partial charge on any atom is -0.383 e. The first kappa shape index (κ1) is 1.78. The molecule has 0 amide bonds. The van der Waals surface area contributed by atoms with E-state index in [0.29, 0.717) is 11.3 Å². The monoisotopic (exact) mass is 166 g/mol. The molecule has 0 atom stereocenters. The Hall–Kier alpha value is -0.570. The van der Waals surface area contributed by atoms with Crippen molar-refractivity contribution in [1.82, 2.24) is 4.98 Å². The second-order valence-electron chi connectivity index (χ2n) is 1.61. The summed E-state index contributed by atoms with van der Waals surface area (Å²) >= 11 is 0.321. The topological polar surface area (TPSA) is 38.9 Å². The zero-order valence-electron chi connectivity index (χ0n) is 14.9. The highest BCUT2D eigenvalue weighted by atomic mass is 32.1. The lowest BCUT2D eigenvalue weighted by Gasteiger charge is -1.94. The molecular weight excluding hydrogens is 144 g/mol. The van der Waals surface area contributed by atoms with E-state index in [4.69, 9.17) is 19.4 Å². The van der Waals surface area contributed by atoms with Crippen molar-refractivity contribution in [2.24, 2.45) is 0 Å². The van der Waals surface area contributed by atoms with E-state index in [2.05, 4.69) is 4.98 Å². The summed E-state index contributed by atoms with van der Waals surface area (Å²) in [5.41, 5.74) is 5.40. The van der Waals surface area contributed by atoms with Crippen LogP contribution in [-0.2, 0) is 0 Å². The third-order valence-corrected chi connectivity index (χ3v) is 1.77. The fourth-order valence-electron chi connectivity index (χ4n) is 0.439. The Morgan fingerprint density at radius 2 is 2.60 bits per heavy atom. The molecule has 1 heterocycles. The van der Waals surface area contributed by atoms with Crippen molar-refractivity contribution in [3.8, 4) is 0 Å². The summed E-state index contributed by atoms with van der Waals surface area (Å²) in [6, 6.07) is 0. The SMILES string of the molecule is [2H]C([2H])([2H])c1sc(C([2H])(C([2H])([2H])[2H])C([2H])([2H])[2H])nc1N. The van der Waals surface area contributed by atoms with Crippen molar-refractivity contribution >= 4 is 17.2 Å². The molecule has 3 heteroatoms. The van der Waals surface area contributed by atoms with E-state index in [9.17, 15) is 0 Å². The average molecular weight is 166 g/mol. The molecule has 0 saturated carbocycles. The Bertz CT molecular complexity index is 481. The minimum absolute atomic E-state index is 0.321. The van der Waals surface area contributed by atoms with E-state index in [-0.39, 0.29) is 0 Å². The van der Waals surface area contributed by atoms with Crippen LogP contribution in [0.2, 0.25) is 0 Å². The van der Waals surface area contributed by atoms with Gasteiger partial charge in [0.1, 0.15) is 5.82 Å². The average Bonchev–Trinajstić information content (AvgIpc) is 2.54. The van der Waals surface area contributed by atoms with Crippen LogP contribution < -0.4 is 5.73 Å². The van der Waals surface area contributed by atoms with Crippen molar-refractivity contribution in [3.05, 3.63) is 9.88 Å². The molecule has 0 aromatic carbocycles. The molecule has 10 heavy (non-hydrogen) atoms. The van der Waals surface area contributed by atoms with Gasteiger partial charge in [0, 0.05) is 24.5 Å². The summed E-state index contributed by atoms with van der Waals surface area (Å²) in [6.45, 7) is -9.08. The number of aryl methyl sites for hydroxylation is 1. The quantitative estimate of drug-likeness (QED) is 0.694. The van der Waals surface area contributed by atoms with Gasteiger partial charge in [-0.2, -0.15) is 0 Å². The van der Waals surface area contributed by atoms with Gasteiger partial charge in [0.05, 0.1) is 5.01 Å². The van der Waals surface area contributed by atoms with Crippen LogP contribution in [0.5, 0.6) is 0 Å². The molecule has 0 fully saturated rings. The number of nitrogens with zero attached hydrogens (tertiary/aromatic N) is 1. The lowest BCUT2D eigenvalue weighted by Crippen LogP contribution is -1.88. The van der Waals surface area contributed by atoms with Gasteiger partial charge in [0.15, 0.2) is 0 Å². The number of hydrogen-bond donors (Lipinski definition) is 1. The molecule has 0 aliphatic rings. The van der Waals surface area contributed by atoms with Crippen LogP contribution in [0, 0.1) is 6.85 Å². The minimum atomic E-state index is -3.21. The first-order chi connectivity index (χ1) is 8.62. The second kappa shape index (κ2) is 2.58. The van der Waals surface area contributed by atoms with Crippen LogP contribution in [0.25, 0.3) is 0 Å². The van der Waals surface area contributed by atoms with E-state index in [1.807, 2.05) is 0 Å². The molecule has 0 radical (unpaired) electrons. The van der Waals surface area contributed by atoms with E-state index in [1.54, 1.807) is 0 Å². The lowest BCUT2D eigenvalue weighted by atomic mass is 10.2. The van der Waals surface area contributed by atoms with Gasteiger partial charge in [-0.1, -0.05) is 13.7 Å². The normalized spacial score (nSPS) is 30.4. The number of nitrogen functional groups attached to an aromatic ring is 1. The van der Waals surface area contributed by atoms with Gasteiger partial charge in [-0.25, -0.2) is 4.98 Å². The molecule has 0 unspecified atom stereocenters. The smallest absolute Gasteiger partial charge is 0.137 e. The number of hydrogen-bond acceptors (Lipinski definition) is 3. The number of anilines is 1. The zero-order chi connectivity index (χ0) is 16.1. The molecule has 1 rings (SSSR count). The van der Waals surface area contributed by atoms with Gasteiger partial charge in [-0.3, -0.25) is 0 Å². The largest absolute Gasteiger partial charge is 0.383 e. The predicted octanol–water partition coefficient (Wildman–Crippen LogP) is 2.16. The third kappa shape index (κ3) is 1.29. The first-order valence-corrected chi connectivity index (χ1v) is 3.21. The maximum absolute atomic E-state index is 7.86. The standard InChI is InChI=1S/C7H12N2S/c1-4(2)7-9-6(8)5(3)10-7/h4H,8H2,1-3H3/i1D3,2D3,3D3,4D. The van der Waals surface area contributed by atoms with Gasteiger partial charge in [0.25, 0.3) is 0 Å². The summed E-state index contributed by atoms with van der Waals surface area (Å²) < 4.78 is 73.3. The number of nitrogens with two attached hydrogens (primary N) is 1. The van der Waals surface area contributed by atoms with Crippen LogP contribution >= 0.6 is 11.3 Å². The molecule has 0 aliphatic heterocycles. The molecule has 2 N–H and O–H groups in total. The van der Waals surface area contributed by atoms with Crippen molar-refractivity contribution in [3.63, 3.8) is 0 Å². The summed E-state index contributed by atoms with van der Waals surface area (Å²) in [5, 5.41) is -0.652. The molecule has 0 saturated heterocycles. The van der Waals surface area contributed by atoms with Crippen molar-refractivity contribution in [1.29, 1.82) is 0 Å². The fraction of sp³-hybridized carbons (Fsp3) is 0.571.